The number of aromatic nitrogens is 4. The highest BCUT2D eigenvalue weighted by Crippen LogP contribution is 2.38. The Balaban J connectivity index is 1.25. The molecule has 5 nitrogen and oxygen atoms in total. The normalized spacial score (nSPS) is 11.3. The molecule has 0 fully saturated rings. The van der Waals surface area contributed by atoms with Crippen molar-refractivity contribution >= 4 is 21.8 Å². The molecule has 0 aliphatic carbocycles. The Labute approximate surface area is 266 Å². The van der Waals surface area contributed by atoms with Gasteiger partial charge < -0.3 is 0 Å². The van der Waals surface area contributed by atoms with Crippen molar-refractivity contribution in [1.82, 2.24) is 19.1 Å². The second-order valence-electron chi connectivity index (χ2n) is 11.6. The zero-order valence-electron chi connectivity index (χ0n) is 25.6. The van der Waals surface area contributed by atoms with E-state index in [2.05, 4.69) is 97.1 Å². The number of hydrogen-bond donors (Lipinski definition) is 0. The van der Waals surface area contributed by atoms with Crippen LogP contribution in [-0.2, 0) is 14.1 Å². The van der Waals surface area contributed by atoms with Crippen molar-refractivity contribution in [3.05, 3.63) is 156 Å². The van der Waals surface area contributed by atoms with Gasteiger partial charge in [0.2, 0.25) is 0 Å². The van der Waals surface area contributed by atoms with Gasteiger partial charge in [-0.15, -0.1) is 0 Å². The first-order chi connectivity index (χ1) is 22.6. The first-order valence-electron chi connectivity index (χ1n) is 15.3. The van der Waals surface area contributed by atoms with Crippen LogP contribution < -0.4 is 5.69 Å². The van der Waals surface area contributed by atoms with Crippen LogP contribution in [0.3, 0.4) is 0 Å². The molecule has 0 bridgehead atoms. The molecule has 220 valence electrons. The summed E-state index contributed by atoms with van der Waals surface area (Å²) in [6.07, 6.45) is 0. The number of para-hydroxylation sites is 1. The van der Waals surface area contributed by atoms with Crippen molar-refractivity contribution in [2.45, 2.75) is 0 Å². The number of rotatable bonds is 5. The summed E-state index contributed by atoms with van der Waals surface area (Å²) < 4.78 is 3.43. The van der Waals surface area contributed by atoms with E-state index < -0.39 is 0 Å². The lowest BCUT2D eigenvalue weighted by molar-refractivity contribution is 0.795. The summed E-state index contributed by atoms with van der Waals surface area (Å²) in [7, 11) is 3.65. The van der Waals surface area contributed by atoms with E-state index in [1.165, 1.54) is 0 Å². The van der Waals surface area contributed by atoms with Gasteiger partial charge in [0.15, 0.2) is 5.82 Å². The zero-order valence-corrected chi connectivity index (χ0v) is 25.6. The van der Waals surface area contributed by atoms with E-state index in [-0.39, 0.29) is 5.69 Å². The predicted octanol–water partition coefficient (Wildman–Crippen LogP) is 9.16. The van der Waals surface area contributed by atoms with Gasteiger partial charge in [0, 0.05) is 36.3 Å². The minimum atomic E-state index is -0.0268. The molecular weight excluding hydrogens is 564 g/mol. The van der Waals surface area contributed by atoms with Crippen LogP contribution in [0.4, 0.5) is 0 Å². The summed E-state index contributed by atoms with van der Waals surface area (Å²) >= 11 is 0. The second kappa shape index (κ2) is 11.1. The van der Waals surface area contributed by atoms with Crippen molar-refractivity contribution in [2.75, 3.05) is 0 Å². The Kier molecular flexibility index (Phi) is 6.65. The van der Waals surface area contributed by atoms with Crippen LogP contribution in [0.1, 0.15) is 0 Å². The summed E-state index contributed by atoms with van der Waals surface area (Å²) in [6.45, 7) is 0. The Bertz CT molecular complexity index is 2380. The maximum absolute atomic E-state index is 12.7. The molecule has 8 rings (SSSR count). The van der Waals surface area contributed by atoms with Crippen molar-refractivity contribution in [2.24, 2.45) is 14.1 Å². The number of aryl methyl sites for hydroxylation is 2. The lowest BCUT2D eigenvalue weighted by Gasteiger charge is -2.14. The smallest absolute Gasteiger partial charge is 0.295 e. The Morgan fingerprint density at radius 1 is 0.457 bits per heavy atom. The fraction of sp³-hybridized carbons (Fsp3) is 0.0488. The van der Waals surface area contributed by atoms with Gasteiger partial charge in [0.1, 0.15) is 0 Å². The molecule has 46 heavy (non-hydrogen) atoms. The fourth-order valence-corrected chi connectivity index (χ4v) is 6.47. The van der Waals surface area contributed by atoms with Gasteiger partial charge in [-0.25, -0.2) is 14.8 Å². The van der Waals surface area contributed by atoms with Crippen molar-refractivity contribution < 1.29 is 0 Å². The second-order valence-corrected chi connectivity index (χ2v) is 11.6. The largest absolute Gasteiger partial charge is 0.328 e. The maximum atomic E-state index is 12.7. The van der Waals surface area contributed by atoms with Crippen molar-refractivity contribution in [3.8, 4) is 56.2 Å². The predicted molar refractivity (Wildman–Crippen MR) is 188 cm³/mol. The van der Waals surface area contributed by atoms with Gasteiger partial charge in [-0.2, -0.15) is 0 Å². The summed E-state index contributed by atoms with van der Waals surface area (Å²) in [4.78, 5) is 22.7. The Morgan fingerprint density at radius 2 is 1.02 bits per heavy atom. The first-order valence-corrected chi connectivity index (χ1v) is 15.3. The van der Waals surface area contributed by atoms with Crippen LogP contribution in [0.25, 0.3) is 78.0 Å². The van der Waals surface area contributed by atoms with Gasteiger partial charge in [0.25, 0.3) is 0 Å². The molecule has 0 radical (unpaired) electrons. The van der Waals surface area contributed by atoms with Crippen molar-refractivity contribution in [1.29, 1.82) is 0 Å². The SMILES string of the molecule is Cn1c(=O)n(C)c2c(-c3ccc(-c4ccc(-c5cc(-c6ccccc6)nc(-c6ccccc6)n5)c5ccccc45)cc3)cccc21. The Morgan fingerprint density at radius 3 is 1.72 bits per heavy atom. The number of hydrogen-bond acceptors (Lipinski definition) is 3. The quantitative estimate of drug-likeness (QED) is 0.200. The molecular formula is C41H30N4O. The standard InChI is InChI=1S/C41H30N4O/c1-44-38-19-11-18-32(39(38)45(2)41(44)46)28-22-20-27(21-23-28)31-24-25-35(34-17-10-9-16-33(31)34)37-26-36(29-12-5-3-6-13-29)42-40(43-37)30-14-7-4-8-15-30/h3-26H,1-2H3. The number of nitrogens with zero attached hydrogens (tertiary/aromatic N) is 4. The topological polar surface area (TPSA) is 52.7 Å². The highest BCUT2D eigenvalue weighted by molar-refractivity contribution is 6.05. The van der Waals surface area contributed by atoms with Crippen LogP contribution in [0, 0.1) is 0 Å². The molecule has 0 spiro atoms. The van der Waals surface area contributed by atoms with Crippen molar-refractivity contribution in [3.63, 3.8) is 0 Å². The van der Waals surface area contributed by atoms with Crippen LogP contribution in [0.2, 0.25) is 0 Å². The average molecular weight is 595 g/mol. The van der Waals surface area contributed by atoms with E-state index in [9.17, 15) is 4.79 Å². The number of benzene rings is 6. The minimum Gasteiger partial charge on any atom is -0.295 e. The molecule has 0 amide bonds. The first kappa shape index (κ1) is 27.5. The number of fused-ring (bicyclic) bond motifs is 2. The van der Waals surface area contributed by atoms with Crippen LogP contribution in [-0.4, -0.2) is 19.1 Å². The average Bonchev–Trinajstić information content (AvgIpc) is 3.35. The van der Waals surface area contributed by atoms with Gasteiger partial charge in [-0.1, -0.05) is 133 Å². The van der Waals surface area contributed by atoms with E-state index in [1.807, 2.05) is 62.6 Å². The molecule has 0 aliphatic rings. The lowest BCUT2D eigenvalue weighted by atomic mass is 9.92. The Hall–Kier alpha value is -6.07. The summed E-state index contributed by atoms with van der Waals surface area (Å²) in [5, 5.41) is 2.28. The maximum Gasteiger partial charge on any atom is 0.328 e. The third kappa shape index (κ3) is 4.61. The molecule has 0 N–H and O–H groups in total. The highest BCUT2D eigenvalue weighted by Gasteiger charge is 2.16. The molecule has 0 saturated carbocycles. The van der Waals surface area contributed by atoms with Gasteiger partial charge in [0.05, 0.1) is 22.4 Å². The van der Waals surface area contributed by atoms with Crippen LogP contribution in [0.15, 0.2) is 150 Å². The molecule has 5 heteroatoms. The van der Waals surface area contributed by atoms with Crippen LogP contribution in [0.5, 0.6) is 0 Å². The van der Waals surface area contributed by atoms with E-state index in [4.69, 9.17) is 9.97 Å². The van der Waals surface area contributed by atoms with E-state index in [1.54, 1.807) is 9.13 Å². The summed E-state index contributed by atoms with van der Waals surface area (Å²) in [5.74, 6) is 0.701. The molecule has 2 aromatic heterocycles. The van der Waals surface area contributed by atoms with Gasteiger partial charge >= 0.3 is 5.69 Å². The van der Waals surface area contributed by atoms with Crippen LogP contribution >= 0.6 is 0 Å². The highest BCUT2D eigenvalue weighted by atomic mass is 16.1. The third-order valence-corrected chi connectivity index (χ3v) is 8.82. The lowest BCUT2D eigenvalue weighted by Crippen LogP contribution is -2.19. The third-order valence-electron chi connectivity index (χ3n) is 8.82. The monoisotopic (exact) mass is 594 g/mol. The molecule has 0 unspecified atom stereocenters. The molecule has 0 saturated heterocycles. The minimum absolute atomic E-state index is 0.0268. The zero-order chi connectivity index (χ0) is 31.2. The fourth-order valence-electron chi connectivity index (χ4n) is 6.47. The summed E-state index contributed by atoms with van der Waals surface area (Å²) in [5.41, 5.74) is 11.1. The van der Waals surface area contributed by atoms with E-state index >= 15 is 0 Å². The molecule has 2 heterocycles. The van der Waals surface area contributed by atoms with E-state index in [0.717, 1.165) is 72.1 Å². The summed E-state index contributed by atoms with van der Waals surface area (Å²) in [6, 6.07) is 50.1. The molecule has 6 aromatic carbocycles. The molecule has 8 aromatic rings. The number of imidazole rings is 1. The molecule has 0 aliphatic heterocycles. The molecule has 0 atom stereocenters. The van der Waals surface area contributed by atoms with Gasteiger partial charge in [-0.05, 0) is 39.6 Å². The van der Waals surface area contributed by atoms with E-state index in [0.29, 0.717) is 5.82 Å². The van der Waals surface area contributed by atoms with Gasteiger partial charge in [-0.3, -0.25) is 9.13 Å².